The van der Waals surface area contributed by atoms with Crippen LogP contribution in [0.5, 0.6) is 11.5 Å². The van der Waals surface area contributed by atoms with E-state index in [1.54, 1.807) is 14.0 Å². The van der Waals surface area contributed by atoms with E-state index in [0.717, 1.165) is 11.3 Å². The Bertz CT molecular complexity index is 603. The third-order valence-corrected chi connectivity index (χ3v) is 2.71. The lowest BCUT2D eigenvalue weighted by molar-refractivity contribution is 0.414. The summed E-state index contributed by atoms with van der Waals surface area (Å²) in [5.41, 5.74) is 0.840. The normalized spacial score (nSPS) is 10.3. The van der Waals surface area contributed by atoms with Crippen molar-refractivity contribution < 1.29 is 9.84 Å². The van der Waals surface area contributed by atoms with E-state index in [9.17, 15) is 9.90 Å². The average Bonchev–Trinajstić information content (AvgIpc) is 2.40. The fraction of sp³-hybridized carbons (Fsp3) is 0.231. The van der Waals surface area contributed by atoms with E-state index in [-0.39, 0.29) is 5.75 Å². The maximum absolute atomic E-state index is 11.8. The summed E-state index contributed by atoms with van der Waals surface area (Å²) in [4.78, 5) is 15.7. The number of hydrogen-bond acceptors (Lipinski definition) is 4. The fourth-order valence-corrected chi connectivity index (χ4v) is 1.60. The SMILES string of the molecule is COc1ccc(Cn2cnc(C)c(O)c2=O)cc1. The van der Waals surface area contributed by atoms with Crippen LogP contribution in [0, 0.1) is 6.92 Å². The molecule has 1 aromatic carbocycles. The van der Waals surface area contributed by atoms with Gasteiger partial charge in [0.25, 0.3) is 5.56 Å². The average molecular weight is 246 g/mol. The first kappa shape index (κ1) is 12.2. The highest BCUT2D eigenvalue weighted by Gasteiger charge is 2.06. The largest absolute Gasteiger partial charge is 0.502 e. The zero-order valence-corrected chi connectivity index (χ0v) is 10.3. The summed E-state index contributed by atoms with van der Waals surface area (Å²) in [6, 6.07) is 7.37. The van der Waals surface area contributed by atoms with E-state index in [1.165, 1.54) is 10.9 Å². The van der Waals surface area contributed by atoms with Gasteiger partial charge in [-0.25, -0.2) is 4.98 Å². The molecule has 0 amide bonds. The van der Waals surface area contributed by atoms with Gasteiger partial charge in [0.1, 0.15) is 5.75 Å². The van der Waals surface area contributed by atoms with Gasteiger partial charge in [0, 0.05) is 0 Å². The van der Waals surface area contributed by atoms with E-state index in [0.29, 0.717) is 12.2 Å². The van der Waals surface area contributed by atoms with E-state index in [4.69, 9.17) is 4.74 Å². The van der Waals surface area contributed by atoms with Gasteiger partial charge in [-0.05, 0) is 24.6 Å². The van der Waals surface area contributed by atoms with Gasteiger partial charge in [0.05, 0.1) is 25.7 Å². The molecular formula is C13H14N2O3. The van der Waals surface area contributed by atoms with Crippen LogP contribution in [0.4, 0.5) is 0 Å². The number of benzene rings is 1. The molecule has 18 heavy (non-hydrogen) atoms. The summed E-state index contributed by atoms with van der Waals surface area (Å²) < 4.78 is 6.42. The predicted molar refractivity (Wildman–Crippen MR) is 67.0 cm³/mol. The number of methoxy groups -OCH3 is 1. The van der Waals surface area contributed by atoms with Gasteiger partial charge in [0.2, 0.25) is 5.75 Å². The number of rotatable bonds is 3. The molecule has 0 atom stereocenters. The quantitative estimate of drug-likeness (QED) is 0.887. The molecule has 1 N–H and O–H groups in total. The monoisotopic (exact) mass is 246 g/mol. The fourth-order valence-electron chi connectivity index (χ4n) is 1.60. The van der Waals surface area contributed by atoms with Crippen molar-refractivity contribution in [2.45, 2.75) is 13.5 Å². The molecule has 0 radical (unpaired) electrons. The van der Waals surface area contributed by atoms with Crippen molar-refractivity contribution in [2.24, 2.45) is 0 Å². The predicted octanol–water partition coefficient (Wildman–Crippen LogP) is 1.31. The lowest BCUT2D eigenvalue weighted by Gasteiger charge is -2.07. The molecule has 2 aromatic rings. The van der Waals surface area contributed by atoms with Gasteiger partial charge in [-0.2, -0.15) is 0 Å². The Kier molecular flexibility index (Phi) is 3.32. The molecule has 5 nitrogen and oxygen atoms in total. The van der Waals surface area contributed by atoms with Crippen LogP contribution in [0.15, 0.2) is 35.4 Å². The molecule has 0 spiro atoms. The highest BCUT2D eigenvalue weighted by molar-refractivity contribution is 5.28. The first-order chi connectivity index (χ1) is 8.61. The van der Waals surface area contributed by atoms with Crippen LogP contribution in [0.2, 0.25) is 0 Å². The minimum atomic E-state index is -0.432. The second kappa shape index (κ2) is 4.91. The lowest BCUT2D eigenvalue weighted by atomic mass is 10.2. The summed E-state index contributed by atoms with van der Waals surface area (Å²) >= 11 is 0. The number of aromatic hydroxyl groups is 1. The van der Waals surface area contributed by atoms with Gasteiger partial charge >= 0.3 is 0 Å². The number of ether oxygens (including phenoxy) is 1. The highest BCUT2D eigenvalue weighted by Crippen LogP contribution is 2.12. The summed E-state index contributed by atoms with van der Waals surface area (Å²) in [5.74, 6) is 0.460. The third kappa shape index (κ3) is 2.34. The number of nitrogens with zero attached hydrogens (tertiary/aromatic N) is 2. The minimum Gasteiger partial charge on any atom is -0.502 e. The number of aromatic nitrogens is 2. The van der Waals surface area contributed by atoms with Gasteiger partial charge < -0.3 is 9.84 Å². The van der Waals surface area contributed by atoms with E-state index in [1.807, 2.05) is 24.3 Å². The molecule has 0 saturated heterocycles. The number of aryl methyl sites for hydroxylation is 1. The van der Waals surface area contributed by atoms with Crippen molar-refractivity contribution in [3.05, 3.63) is 52.2 Å². The molecule has 0 aliphatic rings. The first-order valence-corrected chi connectivity index (χ1v) is 5.49. The van der Waals surface area contributed by atoms with Crippen LogP contribution in [-0.4, -0.2) is 21.8 Å². The van der Waals surface area contributed by atoms with Crippen LogP contribution in [0.3, 0.4) is 0 Å². The zero-order chi connectivity index (χ0) is 13.1. The zero-order valence-electron chi connectivity index (χ0n) is 10.3. The van der Waals surface area contributed by atoms with E-state index in [2.05, 4.69) is 4.98 Å². The van der Waals surface area contributed by atoms with Crippen molar-refractivity contribution in [3.63, 3.8) is 0 Å². The van der Waals surface area contributed by atoms with Crippen LogP contribution < -0.4 is 10.3 Å². The molecule has 0 aliphatic carbocycles. The molecule has 2 rings (SSSR count). The molecule has 0 fully saturated rings. The third-order valence-electron chi connectivity index (χ3n) is 2.71. The van der Waals surface area contributed by atoms with Crippen LogP contribution in [-0.2, 0) is 6.54 Å². The maximum Gasteiger partial charge on any atom is 0.296 e. The Morgan fingerprint density at radius 1 is 1.33 bits per heavy atom. The summed E-state index contributed by atoms with van der Waals surface area (Å²) in [6.07, 6.45) is 1.43. The minimum absolute atomic E-state index is 0.300. The van der Waals surface area contributed by atoms with Gasteiger partial charge in [-0.3, -0.25) is 9.36 Å². The summed E-state index contributed by atoms with van der Waals surface area (Å²) in [6.45, 7) is 1.96. The second-order valence-electron chi connectivity index (χ2n) is 3.96. The molecular weight excluding hydrogens is 232 g/mol. The summed E-state index contributed by atoms with van der Waals surface area (Å²) in [5, 5.41) is 9.53. The van der Waals surface area contributed by atoms with Crippen molar-refractivity contribution in [1.29, 1.82) is 0 Å². The van der Waals surface area contributed by atoms with Gasteiger partial charge in [-0.1, -0.05) is 12.1 Å². The Balaban J connectivity index is 2.28. The van der Waals surface area contributed by atoms with Gasteiger partial charge in [0.15, 0.2) is 0 Å². The van der Waals surface area contributed by atoms with Crippen LogP contribution in [0.1, 0.15) is 11.3 Å². The topological polar surface area (TPSA) is 64.3 Å². The molecule has 0 bridgehead atoms. The lowest BCUT2D eigenvalue weighted by Crippen LogP contribution is -2.21. The van der Waals surface area contributed by atoms with Crippen LogP contribution in [0.25, 0.3) is 0 Å². The number of hydrogen-bond donors (Lipinski definition) is 1. The standard InChI is InChI=1S/C13H14N2O3/c1-9-12(16)13(17)15(8-14-9)7-10-3-5-11(18-2)6-4-10/h3-6,8,16H,7H2,1-2H3. The summed E-state index contributed by atoms with van der Waals surface area (Å²) in [7, 11) is 1.60. The molecule has 0 saturated carbocycles. The Hall–Kier alpha value is -2.30. The van der Waals surface area contributed by atoms with Gasteiger partial charge in [-0.15, -0.1) is 0 Å². The van der Waals surface area contributed by atoms with Crippen molar-refractivity contribution in [1.82, 2.24) is 9.55 Å². The van der Waals surface area contributed by atoms with Crippen molar-refractivity contribution in [3.8, 4) is 11.5 Å². The van der Waals surface area contributed by atoms with Crippen LogP contribution >= 0.6 is 0 Å². The Morgan fingerprint density at radius 3 is 2.61 bits per heavy atom. The maximum atomic E-state index is 11.8. The molecule has 1 heterocycles. The first-order valence-electron chi connectivity index (χ1n) is 5.49. The molecule has 5 heteroatoms. The highest BCUT2D eigenvalue weighted by atomic mass is 16.5. The smallest absolute Gasteiger partial charge is 0.296 e. The molecule has 0 unspecified atom stereocenters. The Labute approximate surface area is 104 Å². The van der Waals surface area contributed by atoms with Crippen molar-refractivity contribution in [2.75, 3.05) is 7.11 Å². The molecule has 1 aromatic heterocycles. The second-order valence-corrected chi connectivity index (χ2v) is 3.96. The molecule has 0 aliphatic heterocycles. The Morgan fingerprint density at radius 2 is 2.00 bits per heavy atom. The van der Waals surface area contributed by atoms with E-state index >= 15 is 0 Å². The molecule has 94 valence electrons. The van der Waals surface area contributed by atoms with E-state index < -0.39 is 5.56 Å². The van der Waals surface area contributed by atoms with Crippen molar-refractivity contribution >= 4 is 0 Å².